The summed E-state index contributed by atoms with van der Waals surface area (Å²) in [5.41, 5.74) is 7.27. The second kappa shape index (κ2) is 6.24. The molecule has 2 aromatic rings. The van der Waals surface area contributed by atoms with Crippen LogP contribution in [0.25, 0.3) is 0 Å². The molecule has 0 saturated heterocycles. The zero-order valence-electron chi connectivity index (χ0n) is 11.3. The van der Waals surface area contributed by atoms with Crippen molar-refractivity contribution < 1.29 is 4.79 Å². The largest absolute Gasteiger partial charge is 0.375 e. The highest BCUT2D eigenvalue weighted by molar-refractivity contribution is 7.17. The van der Waals surface area contributed by atoms with Gasteiger partial charge < -0.3 is 11.1 Å². The fourth-order valence-corrected chi connectivity index (χ4v) is 2.93. The minimum Gasteiger partial charge on any atom is -0.375 e. The van der Waals surface area contributed by atoms with E-state index in [-0.39, 0.29) is 11.9 Å². The molecular weight excluding hydrogens is 294 g/mol. The van der Waals surface area contributed by atoms with Gasteiger partial charge in [-0.3, -0.25) is 4.79 Å². The highest BCUT2D eigenvalue weighted by atomic mass is 35.5. The Bertz CT molecular complexity index is 627. The summed E-state index contributed by atoms with van der Waals surface area (Å²) in [6.45, 7) is 3.79. The van der Waals surface area contributed by atoms with Crippen LogP contribution in [0.4, 0.5) is 5.13 Å². The second-order valence-electron chi connectivity index (χ2n) is 4.46. The summed E-state index contributed by atoms with van der Waals surface area (Å²) >= 11 is 7.19. The minimum atomic E-state index is -0.150. The first-order valence-corrected chi connectivity index (χ1v) is 7.50. The fourth-order valence-electron chi connectivity index (χ4n) is 2.00. The molecule has 0 saturated carbocycles. The average Bonchev–Trinajstić information content (AvgIpc) is 2.75. The van der Waals surface area contributed by atoms with Crippen LogP contribution in [-0.4, -0.2) is 10.9 Å². The summed E-state index contributed by atoms with van der Waals surface area (Å²) in [6.07, 6.45) is 0.777. The summed E-state index contributed by atoms with van der Waals surface area (Å²) in [5, 5.41) is 4.06. The molecule has 0 aliphatic rings. The quantitative estimate of drug-likeness (QED) is 0.907. The van der Waals surface area contributed by atoms with Crippen molar-refractivity contribution in [1.29, 1.82) is 0 Å². The molecule has 2 rings (SSSR count). The number of hydrogen-bond acceptors (Lipinski definition) is 4. The van der Waals surface area contributed by atoms with E-state index in [9.17, 15) is 4.79 Å². The Morgan fingerprint density at radius 3 is 2.85 bits per heavy atom. The van der Waals surface area contributed by atoms with Crippen molar-refractivity contribution in [2.24, 2.45) is 0 Å². The lowest BCUT2D eigenvalue weighted by atomic mass is 10.0. The third-order valence-corrected chi connectivity index (χ3v) is 4.20. The smallest absolute Gasteiger partial charge is 0.263 e. The molecule has 0 aliphatic carbocycles. The third-order valence-electron chi connectivity index (χ3n) is 2.98. The zero-order valence-corrected chi connectivity index (χ0v) is 12.9. The number of carbonyl (C=O) groups excluding carboxylic acids is 1. The molecule has 20 heavy (non-hydrogen) atoms. The predicted octanol–water partition coefficient (Wildman–Crippen LogP) is 3.57. The number of nitrogens with two attached hydrogens (primary N) is 1. The number of halogens is 1. The van der Waals surface area contributed by atoms with E-state index >= 15 is 0 Å². The number of amides is 1. The van der Waals surface area contributed by atoms with Crippen molar-refractivity contribution in [3.8, 4) is 0 Å². The van der Waals surface area contributed by atoms with Gasteiger partial charge in [0.2, 0.25) is 0 Å². The van der Waals surface area contributed by atoms with E-state index in [4.69, 9.17) is 17.3 Å². The molecule has 0 aliphatic heterocycles. The first-order chi connectivity index (χ1) is 9.51. The SMILES string of the molecule is CCC(NC(=O)c1sc(N)nc1C)c1cccc(Cl)c1. The van der Waals surface area contributed by atoms with Crippen LogP contribution in [0.2, 0.25) is 5.02 Å². The van der Waals surface area contributed by atoms with Gasteiger partial charge in [-0.1, -0.05) is 42.0 Å². The monoisotopic (exact) mass is 309 g/mol. The van der Waals surface area contributed by atoms with Crippen LogP contribution >= 0.6 is 22.9 Å². The fraction of sp³-hybridized carbons (Fsp3) is 0.286. The molecule has 0 radical (unpaired) electrons. The molecule has 1 unspecified atom stereocenters. The van der Waals surface area contributed by atoms with Crippen molar-refractivity contribution in [2.45, 2.75) is 26.3 Å². The number of nitrogens with one attached hydrogen (secondary N) is 1. The molecule has 1 aromatic heterocycles. The van der Waals surface area contributed by atoms with Crippen molar-refractivity contribution in [1.82, 2.24) is 10.3 Å². The maximum absolute atomic E-state index is 12.3. The highest BCUT2D eigenvalue weighted by Crippen LogP contribution is 2.23. The van der Waals surface area contributed by atoms with E-state index in [1.54, 1.807) is 6.92 Å². The van der Waals surface area contributed by atoms with E-state index in [1.165, 1.54) is 11.3 Å². The van der Waals surface area contributed by atoms with E-state index in [0.29, 0.717) is 20.7 Å². The summed E-state index contributed by atoms with van der Waals surface area (Å²) in [6, 6.07) is 7.43. The summed E-state index contributed by atoms with van der Waals surface area (Å²) < 4.78 is 0. The van der Waals surface area contributed by atoms with Gasteiger partial charge in [0.1, 0.15) is 4.88 Å². The first kappa shape index (κ1) is 14.8. The van der Waals surface area contributed by atoms with Crippen molar-refractivity contribution in [2.75, 3.05) is 5.73 Å². The Labute approximate surface area is 127 Å². The van der Waals surface area contributed by atoms with Gasteiger partial charge in [-0.15, -0.1) is 0 Å². The Morgan fingerprint density at radius 2 is 2.30 bits per heavy atom. The first-order valence-electron chi connectivity index (χ1n) is 6.30. The summed E-state index contributed by atoms with van der Waals surface area (Å²) in [7, 11) is 0. The van der Waals surface area contributed by atoms with Crippen LogP contribution in [0.15, 0.2) is 24.3 Å². The molecule has 106 valence electrons. The maximum Gasteiger partial charge on any atom is 0.263 e. The molecule has 1 amide bonds. The van der Waals surface area contributed by atoms with Crippen LogP contribution < -0.4 is 11.1 Å². The maximum atomic E-state index is 12.3. The van der Waals surface area contributed by atoms with Gasteiger partial charge in [0.25, 0.3) is 5.91 Å². The molecule has 3 N–H and O–H groups in total. The summed E-state index contributed by atoms with van der Waals surface area (Å²) in [5.74, 6) is -0.150. The Balaban J connectivity index is 2.18. The molecule has 1 heterocycles. The van der Waals surface area contributed by atoms with E-state index in [0.717, 1.165) is 12.0 Å². The number of rotatable bonds is 4. The Kier molecular flexibility index (Phi) is 4.62. The van der Waals surface area contributed by atoms with Crippen LogP contribution in [0.1, 0.15) is 40.3 Å². The van der Waals surface area contributed by atoms with Gasteiger partial charge in [-0.2, -0.15) is 0 Å². The topological polar surface area (TPSA) is 68.0 Å². The molecule has 1 atom stereocenters. The number of nitrogens with zero attached hydrogens (tertiary/aromatic N) is 1. The van der Waals surface area contributed by atoms with Crippen molar-refractivity contribution in [3.63, 3.8) is 0 Å². The molecule has 0 spiro atoms. The average molecular weight is 310 g/mol. The molecular formula is C14H16ClN3OS. The van der Waals surface area contributed by atoms with E-state index in [2.05, 4.69) is 10.3 Å². The minimum absolute atomic E-state index is 0.0797. The lowest BCUT2D eigenvalue weighted by molar-refractivity contribution is 0.0939. The second-order valence-corrected chi connectivity index (χ2v) is 5.92. The van der Waals surface area contributed by atoms with E-state index < -0.39 is 0 Å². The number of anilines is 1. The van der Waals surface area contributed by atoms with Crippen molar-refractivity contribution >= 4 is 34.0 Å². The highest BCUT2D eigenvalue weighted by Gasteiger charge is 2.18. The van der Waals surface area contributed by atoms with Crippen molar-refractivity contribution in [3.05, 3.63) is 45.4 Å². The predicted molar refractivity (Wildman–Crippen MR) is 83.2 cm³/mol. The number of aryl methyl sites for hydroxylation is 1. The van der Waals surface area contributed by atoms with Gasteiger partial charge in [-0.25, -0.2) is 4.98 Å². The van der Waals surface area contributed by atoms with Gasteiger partial charge in [0.05, 0.1) is 11.7 Å². The van der Waals surface area contributed by atoms with Crippen LogP contribution in [0.3, 0.4) is 0 Å². The number of nitrogen functional groups attached to an aromatic ring is 1. The molecule has 0 fully saturated rings. The molecule has 1 aromatic carbocycles. The summed E-state index contributed by atoms with van der Waals surface area (Å²) in [4.78, 5) is 16.9. The third kappa shape index (κ3) is 3.29. The van der Waals surface area contributed by atoms with Crippen LogP contribution in [0.5, 0.6) is 0 Å². The van der Waals surface area contributed by atoms with Gasteiger partial charge in [-0.05, 0) is 31.0 Å². The molecule has 4 nitrogen and oxygen atoms in total. The number of carbonyl (C=O) groups is 1. The van der Waals surface area contributed by atoms with Gasteiger partial charge >= 0.3 is 0 Å². The van der Waals surface area contributed by atoms with Crippen LogP contribution in [-0.2, 0) is 0 Å². The number of thiazole rings is 1. The lowest BCUT2D eigenvalue weighted by Gasteiger charge is -2.17. The number of aromatic nitrogens is 1. The number of benzene rings is 1. The van der Waals surface area contributed by atoms with Gasteiger partial charge in [0, 0.05) is 5.02 Å². The molecule has 0 bridgehead atoms. The Hall–Kier alpha value is -1.59. The van der Waals surface area contributed by atoms with Crippen LogP contribution in [0, 0.1) is 6.92 Å². The Morgan fingerprint density at radius 1 is 1.55 bits per heavy atom. The van der Waals surface area contributed by atoms with E-state index in [1.807, 2.05) is 31.2 Å². The molecule has 6 heteroatoms. The lowest BCUT2D eigenvalue weighted by Crippen LogP contribution is -2.28. The normalized spacial score (nSPS) is 12.2. The zero-order chi connectivity index (χ0) is 14.7. The number of hydrogen-bond donors (Lipinski definition) is 2. The van der Waals surface area contributed by atoms with Gasteiger partial charge in [0.15, 0.2) is 5.13 Å². The standard InChI is InChI=1S/C14H16ClN3OS/c1-3-11(9-5-4-6-10(15)7-9)18-13(19)12-8(2)17-14(16)20-12/h4-7,11H,3H2,1-2H3,(H2,16,17)(H,18,19).